The second kappa shape index (κ2) is 6.74. The van der Waals surface area contributed by atoms with Gasteiger partial charge in [-0.05, 0) is 60.7 Å². The molecule has 1 aromatic heterocycles. The molecule has 106 valence electrons. The van der Waals surface area contributed by atoms with Crippen LogP contribution in [-0.4, -0.2) is 22.3 Å². The van der Waals surface area contributed by atoms with Gasteiger partial charge in [-0.2, -0.15) is 5.10 Å². The molecule has 0 aliphatic rings. The first-order chi connectivity index (χ1) is 9.56. The maximum Gasteiger partial charge on any atom is 0.263 e. The molecule has 5 nitrogen and oxygen atoms in total. The summed E-state index contributed by atoms with van der Waals surface area (Å²) in [4.78, 5) is 11.8. The number of amides is 1. The smallest absolute Gasteiger partial charge is 0.263 e. The van der Waals surface area contributed by atoms with Gasteiger partial charge in [0, 0.05) is 15.7 Å². The van der Waals surface area contributed by atoms with Gasteiger partial charge in [-0.15, -0.1) is 0 Å². The van der Waals surface area contributed by atoms with Gasteiger partial charge in [0.1, 0.15) is 11.6 Å². The summed E-state index contributed by atoms with van der Waals surface area (Å²) in [5.74, 6) is 1.15. The van der Waals surface area contributed by atoms with Crippen LogP contribution in [0.5, 0.6) is 5.75 Å². The molecule has 6 heteroatoms. The van der Waals surface area contributed by atoms with E-state index in [9.17, 15) is 4.79 Å². The third-order valence-corrected chi connectivity index (χ3v) is 3.33. The average Bonchev–Trinajstić information content (AvgIpc) is 2.86. The summed E-state index contributed by atoms with van der Waals surface area (Å²) < 4.78 is 8.30. The number of hydrogen-bond donors (Lipinski definition) is 1. The van der Waals surface area contributed by atoms with Crippen LogP contribution < -0.4 is 10.1 Å². The molecule has 0 saturated carbocycles. The number of halogens is 1. The highest BCUT2D eigenvalue weighted by molar-refractivity contribution is 14.1. The van der Waals surface area contributed by atoms with Crippen molar-refractivity contribution >= 4 is 34.3 Å². The monoisotopic (exact) mass is 385 g/mol. The molecule has 0 bridgehead atoms. The van der Waals surface area contributed by atoms with Crippen LogP contribution in [0.25, 0.3) is 0 Å². The second-order valence-electron chi connectivity index (χ2n) is 4.55. The number of carbonyl (C=O) groups is 1. The minimum atomic E-state index is -0.203. The lowest BCUT2D eigenvalue weighted by atomic mass is 10.3. The van der Waals surface area contributed by atoms with Crippen molar-refractivity contribution in [2.75, 3.05) is 11.9 Å². The van der Waals surface area contributed by atoms with Crippen LogP contribution >= 0.6 is 22.6 Å². The molecule has 0 aliphatic carbocycles. The van der Waals surface area contributed by atoms with Gasteiger partial charge in [-0.25, -0.2) is 4.68 Å². The van der Waals surface area contributed by atoms with E-state index in [4.69, 9.17) is 4.74 Å². The van der Waals surface area contributed by atoms with Gasteiger partial charge in [0.15, 0.2) is 6.61 Å². The standard InChI is InChI=1S/C14H16IN3O2/c1-10(2)18-13(7-8-16-18)17-14(19)9-20-12-5-3-11(15)4-6-12/h3-8,10H,9H2,1-2H3,(H,17,19). The number of ether oxygens (including phenoxy) is 1. The van der Waals surface area contributed by atoms with Crippen molar-refractivity contribution in [2.45, 2.75) is 19.9 Å². The quantitative estimate of drug-likeness (QED) is 0.805. The van der Waals surface area contributed by atoms with Crippen LogP contribution in [0.15, 0.2) is 36.5 Å². The average molecular weight is 385 g/mol. The number of anilines is 1. The molecule has 20 heavy (non-hydrogen) atoms. The highest BCUT2D eigenvalue weighted by Crippen LogP contribution is 2.15. The van der Waals surface area contributed by atoms with E-state index in [0.29, 0.717) is 11.6 Å². The molecule has 1 aromatic carbocycles. The Balaban J connectivity index is 1.89. The lowest BCUT2D eigenvalue weighted by molar-refractivity contribution is -0.118. The van der Waals surface area contributed by atoms with Crippen molar-refractivity contribution in [1.82, 2.24) is 9.78 Å². The molecule has 0 atom stereocenters. The lowest BCUT2D eigenvalue weighted by Crippen LogP contribution is -2.22. The zero-order valence-corrected chi connectivity index (χ0v) is 13.5. The second-order valence-corrected chi connectivity index (χ2v) is 5.79. The molecule has 0 radical (unpaired) electrons. The summed E-state index contributed by atoms with van der Waals surface area (Å²) in [5, 5.41) is 6.95. The van der Waals surface area contributed by atoms with E-state index in [-0.39, 0.29) is 18.6 Å². The first-order valence-corrected chi connectivity index (χ1v) is 7.36. The fourth-order valence-electron chi connectivity index (χ4n) is 1.68. The SMILES string of the molecule is CC(C)n1nccc1NC(=O)COc1ccc(I)cc1. The van der Waals surface area contributed by atoms with Crippen LogP contribution in [0.3, 0.4) is 0 Å². The number of carbonyl (C=O) groups excluding carboxylic acids is 1. The van der Waals surface area contributed by atoms with Crippen LogP contribution in [0.2, 0.25) is 0 Å². The summed E-state index contributed by atoms with van der Waals surface area (Å²) >= 11 is 2.22. The summed E-state index contributed by atoms with van der Waals surface area (Å²) in [6.45, 7) is 3.99. The van der Waals surface area contributed by atoms with Crippen molar-refractivity contribution in [2.24, 2.45) is 0 Å². The number of rotatable bonds is 5. The van der Waals surface area contributed by atoms with Gasteiger partial charge < -0.3 is 10.1 Å². The van der Waals surface area contributed by atoms with Crippen molar-refractivity contribution in [3.63, 3.8) is 0 Å². The topological polar surface area (TPSA) is 56.2 Å². The molecule has 1 amide bonds. The van der Waals surface area contributed by atoms with Crippen molar-refractivity contribution in [3.05, 3.63) is 40.1 Å². The van der Waals surface area contributed by atoms with E-state index >= 15 is 0 Å². The molecule has 2 aromatic rings. The van der Waals surface area contributed by atoms with E-state index in [1.165, 1.54) is 0 Å². The lowest BCUT2D eigenvalue weighted by Gasteiger charge is -2.12. The number of nitrogens with one attached hydrogen (secondary N) is 1. The number of nitrogens with zero attached hydrogens (tertiary/aromatic N) is 2. The molecule has 0 unspecified atom stereocenters. The Labute approximate surface area is 131 Å². The zero-order valence-electron chi connectivity index (χ0n) is 11.3. The first kappa shape index (κ1) is 14.8. The molecule has 0 fully saturated rings. The molecule has 0 spiro atoms. The predicted molar refractivity (Wildman–Crippen MR) is 85.9 cm³/mol. The number of aromatic nitrogens is 2. The van der Waals surface area contributed by atoms with Gasteiger partial charge >= 0.3 is 0 Å². The molecule has 1 N–H and O–H groups in total. The summed E-state index contributed by atoms with van der Waals surface area (Å²) in [6.07, 6.45) is 1.66. The molecule has 0 aliphatic heterocycles. The van der Waals surface area contributed by atoms with Crippen LogP contribution in [-0.2, 0) is 4.79 Å². The first-order valence-electron chi connectivity index (χ1n) is 6.28. The van der Waals surface area contributed by atoms with E-state index in [0.717, 1.165) is 3.57 Å². The number of benzene rings is 1. The van der Waals surface area contributed by atoms with Crippen LogP contribution in [0.4, 0.5) is 5.82 Å². The van der Waals surface area contributed by atoms with Gasteiger partial charge in [-0.1, -0.05) is 0 Å². The Morgan fingerprint density at radius 1 is 1.35 bits per heavy atom. The Morgan fingerprint density at radius 2 is 2.05 bits per heavy atom. The highest BCUT2D eigenvalue weighted by atomic mass is 127. The molecule has 2 rings (SSSR count). The predicted octanol–water partition coefficient (Wildman–Crippen LogP) is 3.09. The van der Waals surface area contributed by atoms with E-state index in [1.807, 2.05) is 38.1 Å². The third kappa shape index (κ3) is 3.96. The van der Waals surface area contributed by atoms with Gasteiger partial charge in [0.25, 0.3) is 5.91 Å². The normalized spacial score (nSPS) is 10.6. The Hall–Kier alpha value is -1.57. The van der Waals surface area contributed by atoms with Gasteiger partial charge in [-0.3, -0.25) is 4.79 Å². The minimum Gasteiger partial charge on any atom is -0.484 e. The van der Waals surface area contributed by atoms with Crippen molar-refractivity contribution in [1.29, 1.82) is 0 Å². The third-order valence-electron chi connectivity index (χ3n) is 2.61. The maximum atomic E-state index is 11.8. The molecular weight excluding hydrogens is 369 g/mol. The summed E-state index contributed by atoms with van der Waals surface area (Å²) in [7, 11) is 0. The summed E-state index contributed by atoms with van der Waals surface area (Å²) in [6, 6.07) is 9.50. The Morgan fingerprint density at radius 3 is 2.70 bits per heavy atom. The zero-order chi connectivity index (χ0) is 14.5. The van der Waals surface area contributed by atoms with Crippen molar-refractivity contribution < 1.29 is 9.53 Å². The van der Waals surface area contributed by atoms with Gasteiger partial charge in [0.05, 0.1) is 6.20 Å². The minimum absolute atomic E-state index is 0.0239. The fourth-order valence-corrected chi connectivity index (χ4v) is 2.04. The molecule has 0 saturated heterocycles. The Bertz CT molecular complexity index is 578. The molecular formula is C14H16IN3O2. The Kier molecular flexibility index (Phi) is 4.99. The van der Waals surface area contributed by atoms with E-state index in [2.05, 4.69) is 33.0 Å². The number of hydrogen-bond acceptors (Lipinski definition) is 3. The van der Waals surface area contributed by atoms with E-state index in [1.54, 1.807) is 16.9 Å². The maximum absolute atomic E-state index is 11.8. The molecule has 1 heterocycles. The van der Waals surface area contributed by atoms with Crippen LogP contribution in [0.1, 0.15) is 19.9 Å². The largest absolute Gasteiger partial charge is 0.484 e. The van der Waals surface area contributed by atoms with Crippen molar-refractivity contribution in [3.8, 4) is 5.75 Å². The highest BCUT2D eigenvalue weighted by Gasteiger charge is 2.09. The fraction of sp³-hybridized carbons (Fsp3) is 0.286. The summed E-state index contributed by atoms with van der Waals surface area (Å²) in [5.41, 5.74) is 0. The van der Waals surface area contributed by atoms with Gasteiger partial charge in [0.2, 0.25) is 0 Å². The van der Waals surface area contributed by atoms with E-state index < -0.39 is 0 Å². The van der Waals surface area contributed by atoms with Crippen LogP contribution in [0, 0.1) is 3.57 Å².